The summed E-state index contributed by atoms with van der Waals surface area (Å²) in [4.78, 5) is 12.5. The van der Waals surface area contributed by atoms with Gasteiger partial charge in [-0.15, -0.1) is 0 Å². The van der Waals surface area contributed by atoms with Crippen molar-refractivity contribution in [3.8, 4) is 0 Å². The lowest BCUT2D eigenvalue weighted by molar-refractivity contribution is -0.126. The molecule has 3 atom stereocenters. The molecule has 3 unspecified atom stereocenters. The Balaban J connectivity index is 1.75. The van der Waals surface area contributed by atoms with Crippen LogP contribution in [0.25, 0.3) is 10.8 Å². The summed E-state index contributed by atoms with van der Waals surface area (Å²) in [5, 5.41) is 5.60. The number of carbonyl (C=O) groups excluding carboxylic acids is 1. The molecule has 0 spiro atoms. The molecule has 0 saturated heterocycles. The molecule has 1 amide bonds. The second-order valence-electron chi connectivity index (χ2n) is 6.42. The third-order valence-corrected chi connectivity index (χ3v) is 4.73. The minimum absolute atomic E-state index is 0.0109. The first kappa shape index (κ1) is 15.0. The van der Waals surface area contributed by atoms with Gasteiger partial charge in [0.2, 0.25) is 5.91 Å². The van der Waals surface area contributed by atoms with Gasteiger partial charge in [-0.25, -0.2) is 0 Å². The van der Waals surface area contributed by atoms with Gasteiger partial charge in [0.15, 0.2) is 0 Å². The molecule has 0 radical (unpaired) electrons. The first-order valence-corrected chi connectivity index (χ1v) is 8.19. The number of benzene rings is 2. The molecule has 2 aromatic carbocycles. The number of carbonyl (C=O) groups is 1. The normalized spacial score (nSPS) is 23.2. The summed E-state index contributed by atoms with van der Waals surface area (Å²) in [5.41, 5.74) is 7.17. The Bertz CT molecular complexity index is 662. The number of nitrogens with one attached hydrogen (secondary N) is 1. The van der Waals surface area contributed by atoms with Gasteiger partial charge in [-0.3, -0.25) is 4.79 Å². The highest BCUT2D eigenvalue weighted by Crippen LogP contribution is 2.27. The first-order valence-electron chi connectivity index (χ1n) is 8.19. The van der Waals surface area contributed by atoms with E-state index < -0.39 is 0 Å². The summed E-state index contributed by atoms with van der Waals surface area (Å²) < 4.78 is 0. The van der Waals surface area contributed by atoms with Crippen molar-refractivity contribution in [2.75, 3.05) is 0 Å². The van der Waals surface area contributed by atoms with Crippen LogP contribution in [0.5, 0.6) is 0 Å². The van der Waals surface area contributed by atoms with Crippen molar-refractivity contribution in [2.24, 2.45) is 11.7 Å². The second kappa shape index (κ2) is 6.49. The van der Waals surface area contributed by atoms with Crippen LogP contribution in [0.4, 0.5) is 0 Å². The number of hydrogen-bond acceptors (Lipinski definition) is 2. The van der Waals surface area contributed by atoms with Gasteiger partial charge in [-0.1, -0.05) is 48.9 Å². The molecule has 0 aromatic heterocycles. The Hall–Kier alpha value is -1.87. The maximum Gasteiger partial charge on any atom is 0.223 e. The van der Waals surface area contributed by atoms with Crippen molar-refractivity contribution in [1.29, 1.82) is 0 Å². The van der Waals surface area contributed by atoms with E-state index in [1.54, 1.807) is 0 Å². The molecule has 0 heterocycles. The maximum absolute atomic E-state index is 12.5. The standard InChI is InChI=1S/C19H24N2O/c1-13(21-19(22)15-8-4-9-16(20)12-15)17-11-5-7-14-6-2-3-10-18(14)17/h2-3,5-7,10-11,13,15-16H,4,8-9,12,20H2,1H3,(H,21,22). The Kier molecular flexibility index (Phi) is 4.44. The average Bonchev–Trinajstić information content (AvgIpc) is 2.54. The number of rotatable bonds is 3. The van der Waals surface area contributed by atoms with Gasteiger partial charge < -0.3 is 11.1 Å². The van der Waals surface area contributed by atoms with Crippen LogP contribution < -0.4 is 11.1 Å². The topological polar surface area (TPSA) is 55.1 Å². The first-order chi connectivity index (χ1) is 10.6. The van der Waals surface area contributed by atoms with E-state index in [-0.39, 0.29) is 23.9 Å². The van der Waals surface area contributed by atoms with Crippen LogP contribution in [-0.4, -0.2) is 11.9 Å². The van der Waals surface area contributed by atoms with Crippen molar-refractivity contribution in [3.63, 3.8) is 0 Å². The molecule has 3 nitrogen and oxygen atoms in total. The molecule has 3 rings (SSSR count). The fourth-order valence-electron chi connectivity index (χ4n) is 3.50. The van der Waals surface area contributed by atoms with E-state index in [2.05, 4.69) is 42.6 Å². The van der Waals surface area contributed by atoms with E-state index >= 15 is 0 Å². The molecule has 3 N–H and O–H groups in total. The zero-order valence-corrected chi connectivity index (χ0v) is 13.1. The van der Waals surface area contributed by atoms with Crippen LogP contribution in [0.3, 0.4) is 0 Å². The zero-order valence-electron chi connectivity index (χ0n) is 13.1. The van der Waals surface area contributed by atoms with Crippen molar-refractivity contribution in [3.05, 3.63) is 48.0 Å². The quantitative estimate of drug-likeness (QED) is 0.910. The zero-order chi connectivity index (χ0) is 15.5. The van der Waals surface area contributed by atoms with E-state index in [1.807, 2.05) is 12.1 Å². The SMILES string of the molecule is CC(NC(=O)C1CCCC(N)C1)c1cccc2ccccc12. The average molecular weight is 296 g/mol. The molecule has 2 aromatic rings. The molecular weight excluding hydrogens is 272 g/mol. The molecule has 1 aliphatic rings. The minimum Gasteiger partial charge on any atom is -0.349 e. The molecule has 3 heteroatoms. The van der Waals surface area contributed by atoms with Crippen LogP contribution in [0.2, 0.25) is 0 Å². The lowest BCUT2D eigenvalue weighted by Gasteiger charge is -2.27. The smallest absolute Gasteiger partial charge is 0.223 e. The second-order valence-corrected chi connectivity index (χ2v) is 6.42. The van der Waals surface area contributed by atoms with Gasteiger partial charge in [0, 0.05) is 12.0 Å². The Morgan fingerprint density at radius 1 is 1.18 bits per heavy atom. The van der Waals surface area contributed by atoms with Crippen molar-refractivity contribution in [2.45, 2.75) is 44.7 Å². The predicted octanol–water partition coefficient (Wildman–Crippen LogP) is 3.53. The summed E-state index contributed by atoms with van der Waals surface area (Å²) in [6, 6.07) is 14.7. The Labute approximate surface area is 131 Å². The third-order valence-electron chi connectivity index (χ3n) is 4.73. The summed E-state index contributed by atoms with van der Waals surface area (Å²) in [6.07, 6.45) is 3.88. The number of amides is 1. The van der Waals surface area contributed by atoms with Crippen molar-refractivity contribution >= 4 is 16.7 Å². The highest BCUT2D eigenvalue weighted by molar-refractivity contribution is 5.87. The third kappa shape index (κ3) is 3.14. The van der Waals surface area contributed by atoms with Crippen LogP contribution in [0.1, 0.15) is 44.2 Å². The molecule has 1 aliphatic carbocycles. The number of fused-ring (bicyclic) bond motifs is 1. The van der Waals surface area contributed by atoms with Crippen LogP contribution in [0.15, 0.2) is 42.5 Å². The Morgan fingerprint density at radius 2 is 1.95 bits per heavy atom. The molecule has 22 heavy (non-hydrogen) atoms. The van der Waals surface area contributed by atoms with E-state index in [0.29, 0.717) is 0 Å². The summed E-state index contributed by atoms with van der Waals surface area (Å²) in [6.45, 7) is 2.06. The minimum atomic E-state index is 0.0109. The van der Waals surface area contributed by atoms with E-state index in [4.69, 9.17) is 5.73 Å². The number of hydrogen-bond donors (Lipinski definition) is 2. The van der Waals surface area contributed by atoms with Crippen LogP contribution >= 0.6 is 0 Å². The van der Waals surface area contributed by atoms with Crippen LogP contribution in [0, 0.1) is 5.92 Å². The van der Waals surface area contributed by atoms with Crippen molar-refractivity contribution < 1.29 is 4.79 Å². The highest BCUT2D eigenvalue weighted by atomic mass is 16.1. The number of nitrogens with two attached hydrogens (primary N) is 1. The van der Waals surface area contributed by atoms with Gasteiger partial charge >= 0.3 is 0 Å². The van der Waals surface area contributed by atoms with E-state index in [9.17, 15) is 4.79 Å². The van der Waals surface area contributed by atoms with Gasteiger partial charge in [-0.2, -0.15) is 0 Å². The summed E-state index contributed by atoms with van der Waals surface area (Å²) >= 11 is 0. The van der Waals surface area contributed by atoms with Gasteiger partial charge in [0.25, 0.3) is 0 Å². The lowest BCUT2D eigenvalue weighted by atomic mass is 9.85. The molecule has 1 saturated carbocycles. The van der Waals surface area contributed by atoms with Gasteiger partial charge in [0.1, 0.15) is 0 Å². The molecule has 1 fully saturated rings. The van der Waals surface area contributed by atoms with Gasteiger partial charge in [-0.05, 0) is 42.5 Å². The maximum atomic E-state index is 12.5. The lowest BCUT2D eigenvalue weighted by Crippen LogP contribution is -2.38. The molecule has 0 aliphatic heterocycles. The van der Waals surface area contributed by atoms with E-state index in [1.165, 1.54) is 16.3 Å². The fraction of sp³-hybridized carbons (Fsp3) is 0.421. The summed E-state index contributed by atoms with van der Waals surface area (Å²) in [5.74, 6) is 0.219. The Morgan fingerprint density at radius 3 is 2.77 bits per heavy atom. The van der Waals surface area contributed by atoms with Crippen LogP contribution in [-0.2, 0) is 4.79 Å². The molecule has 116 valence electrons. The summed E-state index contributed by atoms with van der Waals surface area (Å²) in [7, 11) is 0. The fourth-order valence-corrected chi connectivity index (χ4v) is 3.50. The molecule has 0 bridgehead atoms. The monoisotopic (exact) mass is 296 g/mol. The predicted molar refractivity (Wildman–Crippen MR) is 90.4 cm³/mol. The highest BCUT2D eigenvalue weighted by Gasteiger charge is 2.26. The van der Waals surface area contributed by atoms with E-state index in [0.717, 1.165) is 25.7 Å². The molecular formula is C19H24N2O. The largest absolute Gasteiger partial charge is 0.349 e. The van der Waals surface area contributed by atoms with Gasteiger partial charge in [0.05, 0.1) is 6.04 Å². The van der Waals surface area contributed by atoms with Crippen molar-refractivity contribution in [1.82, 2.24) is 5.32 Å².